The number of carbonyl (C=O) groups is 2. The summed E-state index contributed by atoms with van der Waals surface area (Å²) in [7, 11) is 0. The van der Waals surface area contributed by atoms with Gasteiger partial charge in [0.2, 0.25) is 0 Å². The third-order valence-electron chi connectivity index (χ3n) is 3.71. The largest absolute Gasteiger partial charge is 0.466 e. The topological polar surface area (TPSA) is 55.4 Å². The van der Waals surface area contributed by atoms with Crippen LogP contribution in [-0.2, 0) is 9.53 Å². The van der Waals surface area contributed by atoms with Gasteiger partial charge in [0.25, 0.3) is 5.91 Å². The number of amides is 1. The van der Waals surface area contributed by atoms with E-state index in [0.29, 0.717) is 6.61 Å². The molecule has 1 aromatic carbocycles. The summed E-state index contributed by atoms with van der Waals surface area (Å²) in [6.45, 7) is 2.82. The molecule has 0 atom stereocenters. The molecule has 0 aliphatic carbocycles. The molecular formula is C19H28FNO3. The van der Waals surface area contributed by atoms with Crippen LogP contribution >= 0.6 is 0 Å². The maximum Gasteiger partial charge on any atom is 0.307 e. The molecule has 24 heavy (non-hydrogen) atoms. The van der Waals surface area contributed by atoms with Crippen molar-refractivity contribution in [2.24, 2.45) is 0 Å². The maximum absolute atomic E-state index is 13.0. The average molecular weight is 337 g/mol. The zero-order valence-corrected chi connectivity index (χ0v) is 14.5. The molecule has 0 aliphatic rings. The van der Waals surface area contributed by atoms with Gasteiger partial charge in [0.05, 0.1) is 13.0 Å². The molecule has 0 fully saturated rings. The molecule has 0 aromatic heterocycles. The minimum Gasteiger partial charge on any atom is -0.466 e. The quantitative estimate of drug-likeness (QED) is 0.458. The van der Waals surface area contributed by atoms with Crippen molar-refractivity contribution in [3.05, 3.63) is 35.6 Å². The second-order valence-electron chi connectivity index (χ2n) is 5.86. The van der Waals surface area contributed by atoms with Crippen LogP contribution in [0.2, 0.25) is 0 Å². The van der Waals surface area contributed by atoms with Crippen LogP contribution in [0.3, 0.4) is 0 Å². The van der Waals surface area contributed by atoms with E-state index in [0.717, 1.165) is 18.9 Å². The standard InChI is InChI=1S/C19H28FNO3/c1-2-3-4-5-6-7-8-14-24-18(22)12-13-21-19(23)16-10-9-11-17(20)15-16/h9-11,15H,2-8,12-14H2,1H3,(H,21,23). The van der Waals surface area contributed by atoms with Gasteiger partial charge >= 0.3 is 5.97 Å². The lowest BCUT2D eigenvalue weighted by Crippen LogP contribution is -2.26. The molecule has 0 radical (unpaired) electrons. The Morgan fingerprint density at radius 2 is 1.79 bits per heavy atom. The van der Waals surface area contributed by atoms with Crippen LogP contribution < -0.4 is 5.32 Å². The van der Waals surface area contributed by atoms with Gasteiger partial charge in [-0.1, -0.05) is 51.5 Å². The normalized spacial score (nSPS) is 10.4. The van der Waals surface area contributed by atoms with E-state index in [-0.39, 0.29) is 24.5 Å². The third-order valence-corrected chi connectivity index (χ3v) is 3.71. The fourth-order valence-corrected chi connectivity index (χ4v) is 2.33. The number of halogens is 1. The molecule has 1 N–H and O–H groups in total. The zero-order valence-electron chi connectivity index (χ0n) is 14.5. The van der Waals surface area contributed by atoms with E-state index < -0.39 is 11.7 Å². The summed E-state index contributed by atoms with van der Waals surface area (Å²) in [6.07, 6.45) is 8.32. The highest BCUT2D eigenvalue weighted by atomic mass is 19.1. The lowest BCUT2D eigenvalue weighted by atomic mass is 10.1. The number of ether oxygens (including phenoxy) is 1. The Balaban J connectivity index is 2.03. The van der Waals surface area contributed by atoms with Gasteiger partial charge in [-0.3, -0.25) is 9.59 Å². The summed E-state index contributed by atoms with van der Waals surface area (Å²) < 4.78 is 18.1. The predicted octanol–water partition coefficient (Wildman–Crippen LogP) is 4.24. The van der Waals surface area contributed by atoms with E-state index in [9.17, 15) is 14.0 Å². The maximum atomic E-state index is 13.0. The van der Waals surface area contributed by atoms with Gasteiger partial charge in [-0.15, -0.1) is 0 Å². The second kappa shape index (κ2) is 12.5. The molecule has 1 aromatic rings. The molecule has 0 saturated heterocycles. The molecule has 0 bridgehead atoms. The van der Waals surface area contributed by atoms with Gasteiger partial charge < -0.3 is 10.1 Å². The number of nitrogens with one attached hydrogen (secondary N) is 1. The summed E-state index contributed by atoms with van der Waals surface area (Å²) in [6, 6.07) is 5.43. The van der Waals surface area contributed by atoms with Crippen molar-refractivity contribution in [2.45, 2.75) is 58.3 Å². The molecule has 4 nitrogen and oxygen atoms in total. The van der Waals surface area contributed by atoms with Gasteiger partial charge in [0.15, 0.2) is 0 Å². The highest BCUT2D eigenvalue weighted by molar-refractivity contribution is 5.94. The van der Waals surface area contributed by atoms with Crippen LogP contribution in [0.15, 0.2) is 24.3 Å². The van der Waals surface area contributed by atoms with E-state index in [1.54, 1.807) is 0 Å². The number of hydrogen-bond donors (Lipinski definition) is 1. The zero-order chi connectivity index (χ0) is 17.6. The van der Waals surface area contributed by atoms with Crippen molar-refractivity contribution in [1.82, 2.24) is 5.32 Å². The molecule has 1 amide bonds. The van der Waals surface area contributed by atoms with E-state index in [2.05, 4.69) is 12.2 Å². The van der Waals surface area contributed by atoms with Crippen LogP contribution in [0.25, 0.3) is 0 Å². The Bertz CT molecular complexity index is 505. The van der Waals surface area contributed by atoms with Crippen molar-refractivity contribution in [2.75, 3.05) is 13.2 Å². The third kappa shape index (κ3) is 9.28. The summed E-state index contributed by atoms with van der Waals surface area (Å²) >= 11 is 0. The number of esters is 1. The first kappa shape index (κ1) is 20.1. The SMILES string of the molecule is CCCCCCCCCOC(=O)CCNC(=O)c1cccc(F)c1. The predicted molar refractivity (Wildman–Crippen MR) is 92.3 cm³/mol. The first-order valence-electron chi connectivity index (χ1n) is 8.83. The van der Waals surface area contributed by atoms with E-state index in [4.69, 9.17) is 4.74 Å². The van der Waals surface area contributed by atoms with Gasteiger partial charge in [0.1, 0.15) is 5.82 Å². The van der Waals surface area contributed by atoms with Crippen LogP contribution in [0.4, 0.5) is 4.39 Å². The van der Waals surface area contributed by atoms with Crippen LogP contribution in [-0.4, -0.2) is 25.0 Å². The van der Waals surface area contributed by atoms with Gasteiger partial charge in [-0.05, 0) is 24.6 Å². The minimum absolute atomic E-state index is 0.123. The minimum atomic E-state index is -0.461. The Kier molecular flexibility index (Phi) is 10.5. The van der Waals surface area contributed by atoms with E-state index >= 15 is 0 Å². The molecule has 0 heterocycles. The van der Waals surface area contributed by atoms with Crippen molar-refractivity contribution in [3.63, 3.8) is 0 Å². The highest BCUT2D eigenvalue weighted by Crippen LogP contribution is 2.07. The molecule has 5 heteroatoms. The summed E-state index contributed by atoms with van der Waals surface area (Å²) in [5, 5.41) is 2.58. The lowest BCUT2D eigenvalue weighted by molar-refractivity contribution is -0.143. The fraction of sp³-hybridized carbons (Fsp3) is 0.579. The number of carbonyl (C=O) groups excluding carboxylic acids is 2. The molecule has 1 rings (SSSR count). The van der Waals surface area contributed by atoms with Crippen molar-refractivity contribution in [3.8, 4) is 0 Å². The Labute approximate surface area is 143 Å². The van der Waals surface area contributed by atoms with Crippen molar-refractivity contribution < 1.29 is 18.7 Å². The first-order chi connectivity index (χ1) is 11.6. The first-order valence-corrected chi connectivity index (χ1v) is 8.83. The van der Waals surface area contributed by atoms with Gasteiger partial charge in [-0.25, -0.2) is 4.39 Å². The average Bonchev–Trinajstić information content (AvgIpc) is 2.57. The van der Waals surface area contributed by atoms with Gasteiger partial charge in [-0.2, -0.15) is 0 Å². The number of hydrogen-bond acceptors (Lipinski definition) is 3. The smallest absolute Gasteiger partial charge is 0.307 e. The van der Waals surface area contributed by atoms with Crippen LogP contribution in [0, 0.1) is 5.82 Å². The number of benzene rings is 1. The van der Waals surface area contributed by atoms with Gasteiger partial charge in [0, 0.05) is 12.1 Å². The van der Waals surface area contributed by atoms with Crippen molar-refractivity contribution in [1.29, 1.82) is 0 Å². The monoisotopic (exact) mass is 337 g/mol. The Morgan fingerprint density at radius 1 is 1.08 bits per heavy atom. The summed E-state index contributed by atoms with van der Waals surface area (Å²) in [4.78, 5) is 23.3. The molecule has 134 valence electrons. The number of rotatable bonds is 12. The Morgan fingerprint density at radius 3 is 2.50 bits per heavy atom. The second-order valence-corrected chi connectivity index (χ2v) is 5.86. The van der Waals surface area contributed by atoms with E-state index in [1.165, 1.54) is 50.3 Å². The molecule has 0 unspecified atom stereocenters. The molecule has 0 spiro atoms. The molecular weight excluding hydrogens is 309 g/mol. The van der Waals surface area contributed by atoms with E-state index in [1.807, 2.05) is 0 Å². The fourth-order valence-electron chi connectivity index (χ4n) is 2.33. The summed E-state index contributed by atoms with van der Waals surface area (Å²) in [5.74, 6) is -1.17. The van der Waals surface area contributed by atoms with Crippen LogP contribution in [0.1, 0.15) is 68.6 Å². The van der Waals surface area contributed by atoms with Crippen LogP contribution in [0.5, 0.6) is 0 Å². The molecule has 0 aliphatic heterocycles. The molecule has 0 saturated carbocycles. The number of unbranched alkanes of at least 4 members (excludes halogenated alkanes) is 6. The van der Waals surface area contributed by atoms with Crippen molar-refractivity contribution >= 4 is 11.9 Å². The Hall–Kier alpha value is -1.91. The lowest BCUT2D eigenvalue weighted by Gasteiger charge is -2.07. The highest BCUT2D eigenvalue weighted by Gasteiger charge is 2.08. The summed E-state index contributed by atoms with van der Waals surface area (Å²) in [5.41, 5.74) is 0.242.